The third-order valence-electron chi connectivity index (χ3n) is 2.71. The lowest BCUT2D eigenvalue weighted by molar-refractivity contribution is -0.115. The quantitative estimate of drug-likeness (QED) is 0.865. The molecule has 1 amide bonds. The second-order valence-electron chi connectivity index (χ2n) is 4.02. The van der Waals surface area contributed by atoms with Crippen LogP contribution in [0.2, 0.25) is 0 Å². The number of rotatable bonds is 4. The molecule has 1 atom stereocenters. The van der Waals surface area contributed by atoms with Crippen molar-refractivity contribution in [1.82, 2.24) is 9.97 Å². The molecule has 20 heavy (non-hydrogen) atoms. The molecular weight excluding hydrogens is 326 g/mol. The fourth-order valence-electron chi connectivity index (χ4n) is 1.76. The maximum absolute atomic E-state index is 11.8. The highest BCUT2D eigenvalue weighted by molar-refractivity contribution is 9.10. The summed E-state index contributed by atoms with van der Waals surface area (Å²) in [7, 11) is 3.05. The van der Waals surface area contributed by atoms with E-state index < -0.39 is 0 Å². The van der Waals surface area contributed by atoms with Gasteiger partial charge in [-0.2, -0.15) is 0 Å². The second kappa shape index (κ2) is 6.04. The van der Waals surface area contributed by atoms with Crippen molar-refractivity contribution in [1.29, 1.82) is 0 Å². The van der Waals surface area contributed by atoms with Gasteiger partial charge in [-0.25, -0.2) is 9.97 Å². The van der Waals surface area contributed by atoms with E-state index in [1.807, 2.05) is 0 Å². The molecule has 0 aliphatic rings. The molecule has 1 N–H and O–H groups in total. The van der Waals surface area contributed by atoms with Gasteiger partial charge in [-0.15, -0.1) is 0 Å². The summed E-state index contributed by atoms with van der Waals surface area (Å²) in [5.41, 5.74) is 1.61. The van der Waals surface area contributed by atoms with E-state index in [0.717, 1.165) is 0 Å². The van der Waals surface area contributed by atoms with Crippen molar-refractivity contribution in [2.75, 3.05) is 19.5 Å². The zero-order chi connectivity index (χ0) is 14.7. The maximum atomic E-state index is 11.8. The van der Waals surface area contributed by atoms with Crippen LogP contribution in [0.25, 0.3) is 11.0 Å². The zero-order valence-electron chi connectivity index (χ0n) is 11.3. The number of anilines is 1. The number of carbonyl (C=O) groups excluding carboxylic acids is 1. The Kier molecular flexibility index (Phi) is 4.39. The molecule has 106 valence electrons. The number of methoxy groups -OCH3 is 2. The summed E-state index contributed by atoms with van der Waals surface area (Å²) >= 11 is 3.22. The van der Waals surface area contributed by atoms with Gasteiger partial charge >= 0.3 is 0 Å². The number of amides is 1. The largest absolute Gasteiger partial charge is 0.494 e. The molecule has 0 aliphatic heterocycles. The molecular formula is C13H14BrN3O3. The summed E-state index contributed by atoms with van der Waals surface area (Å²) < 4.78 is 10.6. The summed E-state index contributed by atoms with van der Waals surface area (Å²) in [5.74, 6) is 0.787. The number of aromatic nitrogens is 2. The van der Waals surface area contributed by atoms with Crippen LogP contribution in [-0.2, 0) is 4.79 Å². The minimum Gasteiger partial charge on any atom is -0.494 e. The highest BCUT2D eigenvalue weighted by atomic mass is 79.9. The fraction of sp³-hybridized carbons (Fsp3) is 0.308. The van der Waals surface area contributed by atoms with Crippen molar-refractivity contribution in [2.24, 2.45) is 0 Å². The lowest BCUT2D eigenvalue weighted by Gasteiger charge is -2.15. The lowest BCUT2D eigenvalue weighted by atomic mass is 10.2. The van der Waals surface area contributed by atoms with Gasteiger partial charge in [-0.1, -0.05) is 15.9 Å². The SMILES string of the molecule is COc1cc(NC(=O)C(C)Br)c(OC)c2nccnc12. The molecule has 6 nitrogen and oxygen atoms in total. The number of nitrogens with zero attached hydrogens (tertiary/aromatic N) is 2. The first-order valence-corrected chi connectivity index (χ1v) is 6.80. The molecule has 0 fully saturated rings. The van der Waals surface area contributed by atoms with Crippen LogP contribution in [0.4, 0.5) is 5.69 Å². The van der Waals surface area contributed by atoms with Crippen LogP contribution >= 0.6 is 15.9 Å². The van der Waals surface area contributed by atoms with E-state index >= 15 is 0 Å². The molecule has 0 aliphatic carbocycles. The van der Waals surface area contributed by atoms with Gasteiger partial charge in [-0.05, 0) is 6.92 Å². The Morgan fingerprint density at radius 2 is 1.90 bits per heavy atom. The number of alkyl halides is 1. The molecule has 1 heterocycles. The van der Waals surface area contributed by atoms with Gasteiger partial charge in [0, 0.05) is 18.5 Å². The van der Waals surface area contributed by atoms with Gasteiger partial charge < -0.3 is 14.8 Å². The molecule has 0 saturated carbocycles. The number of ether oxygens (including phenoxy) is 2. The number of hydrogen-bond acceptors (Lipinski definition) is 5. The normalized spacial score (nSPS) is 12.0. The number of carbonyl (C=O) groups is 1. The summed E-state index contributed by atoms with van der Waals surface area (Å²) in [6.45, 7) is 1.74. The standard InChI is InChI=1S/C13H14BrN3O3/c1-7(14)13(18)17-8-6-9(19-2)10-11(12(8)20-3)16-5-4-15-10/h4-7H,1-3H3,(H,17,18). The van der Waals surface area contributed by atoms with Gasteiger partial charge in [0.1, 0.15) is 16.8 Å². The van der Waals surface area contributed by atoms with Crippen molar-refractivity contribution in [3.05, 3.63) is 18.5 Å². The number of fused-ring (bicyclic) bond motifs is 1. The van der Waals surface area contributed by atoms with E-state index in [0.29, 0.717) is 28.2 Å². The van der Waals surface area contributed by atoms with Crippen molar-refractivity contribution >= 4 is 38.6 Å². The molecule has 0 radical (unpaired) electrons. The van der Waals surface area contributed by atoms with E-state index in [1.165, 1.54) is 14.2 Å². The second-order valence-corrected chi connectivity index (χ2v) is 5.39. The summed E-state index contributed by atoms with van der Waals surface area (Å²) in [5, 5.41) is 2.77. The van der Waals surface area contributed by atoms with Gasteiger partial charge in [-0.3, -0.25) is 4.79 Å². The van der Waals surface area contributed by atoms with E-state index in [2.05, 4.69) is 31.2 Å². The predicted molar refractivity (Wildman–Crippen MR) is 79.7 cm³/mol. The predicted octanol–water partition coefficient (Wildman–Crippen LogP) is 2.37. The Labute approximate surface area is 124 Å². The highest BCUT2D eigenvalue weighted by Crippen LogP contribution is 2.37. The van der Waals surface area contributed by atoms with Crippen LogP contribution in [0.5, 0.6) is 11.5 Å². The molecule has 2 aromatic rings. The van der Waals surface area contributed by atoms with Gasteiger partial charge in [0.05, 0.1) is 24.7 Å². The smallest absolute Gasteiger partial charge is 0.237 e. The topological polar surface area (TPSA) is 73.3 Å². The molecule has 2 rings (SSSR count). The Hall–Kier alpha value is -1.89. The van der Waals surface area contributed by atoms with Crippen molar-refractivity contribution in [3.63, 3.8) is 0 Å². The molecule has 0 spiro atoms. The zero-order valence-corrected chi connectivity index (χ0v) is 12.9. The van der Waals surface area contributed by atoms with Crippen molar-refractivity contribution < 1.29 is 14.3 Å². The number of nitrogens with one attached hydrogen (secondary N) is 1. The molecule has 1 aromatic carbocycles. The highest BCUT2D eigenvalue weighted by Gasteiger charge is 2.18. The third-order valence-corrected chi connectivity index (χ3v) is 3.13. The summed E-state index contributed by atoms with van der Waals surface area (Å²) in [4.78, 5) is 20.0. The van der Waals surface area contributed by atoms with Crippen LogP contribution in [0.1, 0.15) is 6.92 Å². The van der Waals surface area contributed by atoms with Gasteiger partial charge in [0.25, 0.3) is 0 Å². The molecule has 1 aromatic heterocycles. The Morgan fingerprint density at radius 3 is 2.45 bits per heavy atom. The minimum absolute atomic E-state index is 0.186. The first-order valence-electron chi connectivity index (χ1n) is 5.89. The van der Waals surface area contributed by atoms with Crippen molar-refractivity contribution in [3.8, 4) is 11.5 Å². The first kappa shape index (κ1) is 14.5. The average Bonchev–Trinajstić information content (AvgIpc) is 2.46. The minimum atomic E-state index is -0.323. The van der Waals surface area contributed by atoms with E-state index in [4.69, 9.17) is 9.47 Å². The molecule has 0 bridgehead atoms. The van der Waals surface area contributed by atoms with Crippen LogP contribution in [-0.4, -0.2) is 34.9 Å². The van der Waals surface area contributed by atoms with Crippen LogP contribution in [0.3, 0.4) is 0 Å². The number of benzene rings is 1. The first-order chi connectivity index (χ1) is 9.58. The Morgan fingerprint density at radius 1 is 1.25 bits per heavy atom. The van der Waals surface area contributed by atoms with Crippen LogP contribution < -0.4 is 14.8 Å². The van der Waals surface area contributed by atoms with E-state index in [1.54, 1.807) is 25.4 Å². The summed E-state index contributed by atoms with van der Waals surface area (Å²) in [6.07, 6.45) is 3.13. The average molecular weight is 340 g/mol. The fourth-order valence-corrected chi connectivity index (χ4v) is 1.88. The van der Waals surface area contributed by atoms with Crippen molar-refractivity contribution in [2.45, 2.75) is 11.8 Å². The van der Waals surface area contributed by atoms with Gasteiger partial charge in [0.15, 0.2) is 5.75 Å². The molecule has 7 heteroatoms. The third kappa shape index (κ3) is 2.67. The monoisotopic (exact) mass is 339 g/mol. The maximum Gasteiger partial charge on any atom is 0.237 e. The van der Waals surface area contributed by atoms with Gasteiger partial charge in [0.2, 0.25) is 5.91 Å². The Balaban J connectivity index is 2.61. The van der Waals surface area contributed by atoms with E-state index in [-0.39, 0.29) is 10.7 Å². The lowest BCUT2D eigenvalue weighted by Crippen LogP contribution is -2.20. The summed E-state index contributed by atoms with van der Waals surface area (Å²) in [6, 6.07) is 1.67. The number of halogens is 1. The number of hydrogen-bond donors (Lipinski definition) is 1. The van der Waals surface area contributed by atoms with Crippen LogP contribution in [0, 0.1) is 0 Å². The van der Waals surface area contributed by atoms with Crippen LogP contribution in [0.15, 0.2) is 18.5 Å². The molecule has 1 unspecified atom stereocenters. The van der Waals surface area contributed by atoms with E-state index in [9.17, 15) is 4.79 Å². The molecule has 0 saturated heterocycles. The Bertz CT molecular complexity index is 646.